The van der Waals surface area contributed by atoms with E-state index in [0.29, 0.717) is 11.1 Å². The first-order valence-corrected chi connectivity index (χ1v) is 8.13. The number of hydrogen-bond acceptors (Lipinski definition) is 0. The average Bonchev–Trinajstić information content (AvgIpc) is 2.57. The Bertz CT molecular complexity index is 848. The normalized spacial score (nSPS) is 10.8. The van der Waals surface area contributed by atoms with Crippen molar-refractivity contribution in [3.63, 3.8) is 0 Å². The molecule has 0 bridgehead atoms. The molecule has 122 valence electrons. The number of benzene rings is 3. The molecule has 0 radical (unpaired) electrons. The van der Waals surface area contributed by atoms with Crippen LogP contribution in [0.2, 0.25) is 0 Å². The van der Waals surface area contributed by atoms with Crippen molar-refractivity contribution in [1.82, 2.24) is 0 Å². The number of hydrogen-bond donors (Lipinski definition) is 0. The standard InChI is InChI=1S/C22H20F2/c1-15-3-12-20(22(24)13-15)19-10-8-17(9-11-19)6-7-18-5-4-16(2)21(23)14-18/h3-5,8-14H,6-7H2,1-2H3. The summed E-state index contributed by atoms with van der Waals surface area (Å²) in [5, 5.41) is 0. The van der Waals surface area contributed by atoms with E-state index in [0.717, 1.165) is 35.1 Å². The first-order valence-electron chi connectivity index (χ1n) is 8.13. The molecule has 0 saturated heterocycles. The maximum atomic E-state index is 14.0. The Labute approximate surface area is 141 Å². The van der Waals surface area contributed by atoms with Gasteiger partial charge in [-0.05, 0) is 66.6 Å². The Kier molecular flexibility index (Phi) is 4.75. The Morgan fingerprint density at radius 1 is 0.667 bits per heavy atom. The van der Waals surface area contributed by atoms with Crippen LogP contribution in [0.25, 0.3) is 11.1 Å². The molecule has 2 heteroatoms. The molecule has 0 spiro atoms. The molecule has 0 aliphatic rings. The zero-order valence-electron chi connectivity index (χ0n) is 13.9. The van der Waals surface area contributed by atoms with Gasteiger partial charge in [0.15, 0.2) is 0 Å². The van der Waals surface area contributed by atoms with Gasteiger partial charge in [-0.1, -0.05) is 48.5 Å². The van der Waals surface area contributed by atoms with Gasteiger partial charge in [0.2, 0.25) is 0 Å². The van der Waals surface area contributed by atoms with Crippen LogP contribution < -0.4 is 0 Å². The topological polar surface area (TPSA) is 0 Å². The van der Waals surface area contributed by atoms with Crippen molar-refractivity contribution in [3.8, 4) is 11.1 Å². The highest BCUT2D eigenvalue weighted by Gasteiger charge is 2.06. The highest BCUT2D eigenvalue weighted by Crippen LogP contribution is 2.24. The van der Waals surface area contributed by atoms with Crippen LogP contribution in [0.15, 0.2) is 60.7 Å². The fourth-order valence-electron chi connectivity index (χ4n) is 2.79. The van der Waals surface area contributed by atoms with Crippen LogP contribution in [0.4, 0.5) is 8.78 Å². The van der Waals surface area contributed by atoms with Crippen LogP contribution in [0.5, 0.6) is 0 Å². The van der Waals surface area contributed by atoms with Gasteiger partial charge >= 0.3 is 0 Å². The Morgan fingerprint density at radius 3 is 2.00 bits per heavy atom. The largest absolute Gasteiger partial charge is 0.207 e. The van der Waals surface area contributed by atoms with Crippen molar-refractivity contribution in [2.24, 2.45) is 0 Å². The molecular formula is C22H20F2. The quantitative estimate of drug-likeness (QED) is 0.550. The predicted molar refractivity (Wildman–Crippen MR) is 95.1 cm³/mol. The molecule has 24 heavy (non-hydrogen) atoms. The summed E-state index contributed by atoms with van der Waals surface area (Å²) in [5.74, 6) is -0.351. The molecule has 0 aliphatic carbocycles. The SMILES string of the molecule is Cc1ccc(-c2ccc(CCc3ccc(C)c(F)c3)cc2)c(F)c1. The van der Waals surface area contributed by atoms with E-state index in [9.17, 15) is 8.78 Å². The molecule has 0 atom stereocenters. The maximum Gasteiger partial charge on any atom is 0.131 e. The van der Waals surface area contributed by atoms with Crippen LogP contribution >= 0.6 is 0 Å². The van der Waals surface area contributed by atoms with Gasteiger partial charge in [-0.2, -0.15) is 0 Å². The molecule has 3 aromatic carbocycles. The zero-order valence-corrected chi connectivity index (χ0v) is 13.9. The first-order chi connectivity index (χ1) is 11.5. The summed E-state index contributed by atoms with van der Waals surface area (Å²) < 4.78 is 27.6. The van der Waals surface area contributed by atoms with E-state index in [-0.39, 0.29) is 11.6 Å². The van der Waals surface area contributed by atoms with Crippen LogP contribution in [0, 0.1) is 25.5 Å². The third-order valence-corrected chi connectivity index (χ3v) is 4.33. The summed E-state index contributed by atoms with van der Waals surface area (Å²) in [7, 11) is 0. The van der Waals surface area contributed by atoms with Crippen molar-refractivity contribution >= 4 is 0 Å². The highest BCUT2D eigenvalue weighted by molar-refractivity contribution is 5.64. The smallest absolute Gasteiger partial charge is 0.131 e. The number of halogens is 2. The van der Waals surface area contributed by atoms with Gasteiger partial charge in [-0.15, -0.1) is 0 Å². The van der Waals surface area contributed by atoms with Gasteiger partial charge in [-0.3, -0.25) is 0 Å². The van der Waals surface area contributed by atoms with E-state index in [1.807, 2.05) is 55.5 Å². The predicted octanol–water partition coefficient (Wildman–Crippen LogP) is 6.03. The molecule has 0 heterocycles. The fourth-order valence-corrected chi connectivity index (χ4v) is 2.79. The molecule has 3 rings (SSSR count). The summed E-state index contributed by atoms with van der Waals surface area (Å²) in [5.41, 5.74) is 5.23. The van der Waals surface area contributed by atoms with E-state index in [2.05, 4.69) is 0 Å². The van der Waals surface area contributed by atoms with Gasteiger partial charge in [0.05, 0.1) is 0 Å². The van der Waals surface area contributed by atoms with Crippen LogP contribution in [0.3, 0.4) is 0 Å². The minimum atomic E-state index is -0.196. The van der Waals surface area contributed by atoms with Crippen molar-refractivity contribution in [2.45, 2.75) is 26.7 Å². The van der Waals surface area contributed by atoms with Crippen LogP contribution in [0.1, 0.15) is 22.3 Å². The number of rotatable bonds is 4. The second-order valence-corrected chi connectivity index (χ2v) is 6.26. The third kappa shape index (κ3) is 3.70. The molecule has 0 amide bonds. The van der Waals surface area contributed by atoms with E-state index in [1.54, 1.807) is 19.1 Å². The summed E-state index contributed by atoms with van der Waals surface area (Å²) >= 11 is 0. The molecule has 0 unspecified atom stereocenters. The lowest BCUT2D eigenvalue weighted by atomic mass is 9.99. The van der Waals surface area contributed by atoms with Crippen molar-refractivity contribution in [2.75, 3.05) is 0 Å². The zero-order chi connectivity index (χ0) is 17.1. The lowest BCUT2D eigenvalue weighted by Crippen LogP contribution is -1.94. The molecule has 0 N–H and O–H groups in total. The lowest BCUT2D eigenvalue weighted by molar-refractivity contribution is 0.616. The van der Waals surface area contributed by atoms with Gasteiger partial charge in [0.25, 0.3) is 0 Å². The van der Waals surface area contributed by atoms with Crippen molar-refractivity contribution < 1.29 is 8.78 Å². The number of aryl methyl sites for hydroxylation is 4. The average molecular weight is 322 g/mol. The monoisotopic (exact) mass is 322 g/mol. The minimum absolute atomic E-state index is 0.155. The van der Waals surface area contributed by atoms with Crippen LogP contribution in [-0.2, 0) is 12.8 Å². The summed E-state index contributed by atoms with van der Waals surface area (Å²) in [4.78, 5) is 0. The summed E-state index contributed by atoms with van der Waals surface area (Å²) in [6, 6.07) is 18.6. The summed E-state index contributed by atoms with van der Waals surface area (Å²) in [6.07, 6.45) is 1.62. The molecule has 0 aliphatic heterocycles. The minimum Gasteiger partial charge on any atom is -0.207 e. The summed E-state index contributed by atoms with van der Waals surface area (Å²) in [6.45, 7) is 3.64. The third-order valence-electron chi connectivity index (χ3n) is 4.33. The molecule has 0 fully saturated rings. The molecular weight excluding hydrogens is 302 g/mol. The maximum absolute atomic E-state index is 14.0. The van der Waals surface area contributed by atoms with Crippen molar-refractivity contribution in [3.05, 3.63) is 94.6 Å². The van der Waals surface area contributed by atoms with E-state index >= 15 is 0 Å². The van der Waals surface area contributed by atoms with E-state index in [4.69, 9.17) is 0 Å². The fraction of sp³-hybridized carbons (Fsp3) is 0.182. The first kappa shape index (κ1) is 16.4. The Balaban J connectivity index is 1.71. The van der Waals surface area contributed by atoms with Gasteiger partial charge < -0.3 is 0 Å². The van der Waals surface area contributed by atoms with E-state index in [1.165, 1.54) is 0 Å². The highest BCUT2D eigenvalue weighted by atomic mass is 19.1. The van der Waals surface area contributed by atoms with Crippen LogP contribution in [-0.4, -0.2) is 0 Å². The molecule has 3 aromatic rings. The Morgan fingerprint density at radius 2 is 1.33 bits per heavy atom. The lowest BCUT2D eigenvalue weighted by Gasteiger charge is -2.07. The second kappa shape index (κ2) is 6.96. The molecule has 0 aromatic heterocycles. The molecule has 0 saturated carbocycles. The van der Waals surface area contributed by atoms with Gasteiger partial charge in [-0.25, -0.2) is 8.78 Å². The van der Waals surface area contributed by atoms with Crippen molar-refractivity contribution in [1.29, 1.82) is 0 Å². The van der Waals surface area contributed by atoms with Gasteiger partial charge in [0, 0.05) is 5.56 Å². The van der Waals surface area contributed by atoms with E-state index < -0.39 is 0 Å². The molecule has 0 nitrogen and oxygen atoms in total. The van der Waals surface area contributed by atoms with Gasteiger partial charge in [0.1, 0.15) is 11.6 Å². The Hall–Kier alpha value is -2.48. The second-order valence-electron chi connectivity index (χ2n) is 6.26.